The van der Waals surface area contributed by atoms with Gasteiger partial charge in [0.05, 0.1) is 24.2 Å². The molecule has 0 atom stereocenters. The third kappa shape index (κ3) is 3.57. The van der Waals surface area contributed by atoms with Gasteiger partial charge >= 0.3 is 0 Å². The summed E-state index contributed by atoms with van der Waals surface area (Å²) in [5.41, 5.74) is 3.36. The van der Waals surface area contributed by atoms with Crippen LogP contribution < -0.4 is 5.32 Å². The molecule has 0 radical (unpaired) electrons. The van der Waals surface area contributed by atoms with Crippen molar-refractivity contribution in [2.45, 2.75) is 46.8 Å². The third-order valence-corrected chi connectivity index (χ3v) is 5.34. The fourth-order valence-corrected chi connectivity index (χ4v) is 3.74. The smallest absolute Gasteiger partial charge is 0.253 e. The normalized spacial score (nSPS) is 13.4. The number of benzene rings is 1. The van der Waals surface area contributed by atoms with Gasteiger partial charge in [-0.25, -0.2) is 0 Å². The summed E-state index contributed by atoms with van der Waals surface area (Å²) < 4.78 is 1.98. The minimum Gasteiger partial charge on any atom is -0.345 e. The minimum atomic E-state index is -0.187. The van der Waals surface area contributed by atoms with Gasteiger partial charge in [0.2, 0.25) is 5.91 Å². The van der Waals surface area contributed by atoms with Gasteiger partial charge in [-0.3, -0.25) is 14.6 Å². The highest BCUT2D eigenvalue weighted by Gasteiger charge is 2.24. The Balaban J connectivity index is 1.52. The van der Waals surface area contributed by atoms with E-state index in [-0.39, 0.29) is 18.4 Å². The highest BCUT2D eigenvalue weighted by atomic mass is 16.2. The van der Waals surface area contributed by atoms with Crippen LogP contribution in [0.2, 0.25) is 0 Å². The van der Waals surface area contributed by atoms with Crippen LogP contribution in [0.5, 0.6) is 0 Å². The van der Waals surface area contributed by atoms with Gasteiger partial charge in [-0.15, -0.1) is 10.2 Å². The molecule has 0 spiro atoms. The highest BCUT2D eigenvalue weighted by Crippen LogP contribution is 2.22. The van der Waals surface area contributed by atoms with Crippen molar-refractivity contribution in [1.82, 2.24) is 30.0 Å². The first kappa shape index (κ1) is 19.0. The van der Waals surface area contributed by atoms with Gasteiger partial charge in [0, 0.05) is 31.1 Å². The molecule has 8 nitrogen and oxygen atoms in total. The van der Waals surface area contributed by atoms with Gasteiger partial charge in [0.15, 0.2) is 11.6 Å². The number of amides is 2. The number of rotatable bonds is 4. The van der Waals surface area contributed by atoms with E-state index in [1.807, 2.05) is 43.5 Å². The van der Waals surface area contributed by atoms with Crippen molar-refractivity contribution in [3.63, 3.8) is 0 Å². The zero-order valence-corrected chi connectivity index (χ0v) is 16.9. The summed E-state index contributed by atoms with van der Waals surface area (Å²) >= 11 is 0. The summed E-state index contributed by atoms with van der Waals surface area (Å²) in [5.74, 6) is 1.37. The minimum absolute atomic E-state index is 0.114. The lowest BCUT2D eigenvalue weighted by Gasteiger charge is -2.27. The second-order valence-corrected chi connectivity index (χ2v) is 7.37. The first-order valence-electron chi connectivity index (χ1n) is 9.80. The molecule has 0 aliphatic carbocycles. The van der Waals surface area contributed by atoms with Crippen LogP contribution in [0.4, 0.5) is 0 Å². The molecule has 1 N–H and O–H groups in total. The predicted octanol–water partition coefficient (Wildman–Crippen LogP) is 2.13. The van der Waals surface area contributed by atoms with Crippen LogP contribution in [0.15, 0.2) is 24.4 Å². The molecule has 1 aliphatic heterocycles. The third-order valence-electron chi connectivity index (χ3n) is 5.34. The van der Waals surface area contributed by atoms with Gasteiger partial charge in [0.25, 0.3) is 5.91 Å². The summed E-state index contributed by atoms with van der Waals surface area (Å²) in [6, 6.07) is 5.85. The molecule has 2 aromatic heterocycles. The van der Waals surface area contributed by atoms with Crippen LogP contribution in [0, 0.1) is 13.8 Å². The first-order chi connectivity index (χ1) is 14.0. The summed E-state index contributed by atoms with van der Waals surface area (Å²) in [6.07, 6.45) is 2.21. The molecule has 1 aromatic carbocycles. The number of hydrogen-bond acceptors (Lipinski definition) is 5. The van der Waals surface area contributed by atoms with Crippen LogP contribution >= 0.6 is 0 Å². The molecule has 0 bridgehead atoms. The number of nitrogens with one attached hydrogen (secondary N) is 1. The molecule has 3 heterocycles. The standard InChI is InChI=1S/C21H24N6O2/c1-4-19(28)26-7-8-27-17(24-25-18(27)12-26)11-23-21(29)16-10-13(2)9-15-14(3)5-6-22-20(15)16/h5-6,9-10H,4,7-8,11-12H2,1-3H3,(H,23,29). The fraction of sp³-hybridized carbons (Fsp3) is 0.381. The molecular formula is C21H24N6O2. The molecule has 4 rings (SSSR count). The Morgan fingerprint density at radius 2 is 2.00 bits per heavy atom. The molecule has 0 fully saturated rings. The number of nitrogens with zero attached hydrogens (tertiary/aromatic N) is 5. The number of aryl methyl sites for hydroxylation is 2. The monoisotopic (exact) mass is 392 g/mol. The van der Waals surface area contributed by atoms with Crippen LogP contribution in [0.25, 0.3) is 10.9 Å². The van der Waals surface area contributed by atoms with Crippen molar-refractivity contribution >= 4 is 22.7 Å². The van der Waals surface area contributed by atoms with E-state index in [2.05, 4.69) is 20.5 Å². The van der Waals surface area contributed by atoms with E-state index in [4.69, 9.17) is 0 Å². The SMILES string of the molecule is CCC(=O)N1CCn2c(CNC(=O)c3cc(C)cc4c(C)ccnc34)nnc2C1. The Labute approximate surface area is 168 Å². The largest absolute Gasteiger partial charge is 0.345 e. The molecule has 1 aliphatic rings. The molecule has 0 unspecified atom stereocenters. The number of carbonyl (C=O) groups is 2. The maximum atomic E-state index is 12.9. The van der Waals surface area contributed by atoms with Gasteiger partial charge in [-0.2, -0.15) is 0 Å². The number of fused-ring (bicyclic) bond motifs is 2. The average molecular weight is 392 g/mol. The highest BCUT2D eigenvalue weighted by molar-refractivity contribution is 6.06. The van der Waals surface area contributed by atoms with Crippen LogP contribution in [-0.2, 0) is 24.4 Å². The van der Waals surface area contributed by atoms with Crippen LogP contribution in [0.1, 0.15) is 46.5 Å². The van der Waals surface area contributed by atoms with Gasteiger partial charge in [-0.05, 0) is 43.2 Å². The zero-order chi connectivity index (χ0) is 20.5. The Bertz CT molecular complexity index is 1100. The Kier molecular flexibility index (Phi) is 5.00. The lowest BCUT2D eigenvalue weighted by atomic mass is 10.0. The van der Waals surface area contributed by atoms with E-state index < -0.39 is 0 Å². The number of hydrogen-bond donors (Lipinski definition) is 1. The molecule has 8 heteroatoms. The van der Waals surface area contributed by atoms with E-state index in [0.29, 0.717) is 43.0 Å². The topological polar surface area (TPSA) is 93.0 Å². The number of pyridine rings is 1. The molecular weight excluding hydrogens is 368 g/mol. The van der Waals surface area contributed by atoms with E-state index >= 15 is 0 Å². The maximum absolute atomic E-state index is 12.9. The summed E-state index contributed by atoms with van der Waals surface area (Å²) in [5, 5.41) is 12.4. The van der Waals surface area contributed by atoms with Gasteiger partial charge in [-0.1, -0.05) is 6.92 Å². The lowest BCUT2D eigenvalue weighted by molar-refractivity contribution is -0.132. The van der Waals surface area contributed by atoms with Gasteiger partial charge < -0.3 is 14.8 Å². The van der Waals surface area contributed by atoms with Crippen LogP contribution in [0.3, 0.4) is 0 Å². The van der Waals surface area contributed by atoms with E-state index in [9.17, 15) is 9.59 Å². The van der Waals surface area contributed by atoms with Crippen LogP contribution in [-0.4, -0.2) is 43.0 Å². The first-order valence-corrected chi connectivity index (χ1v) is 9.80. The molecule has 0 saturated heterocycles. The number of carbonyl (C=O) groups excluding carboxylic acids is 2. The Hall–Kier alpha value is -3.29. The van der Waals surface area contributed by atoms with Crippen molar-refractivity contribution in [3.8, 4) is 0 Å². The van der Waals surface area contributed by atoms with Crippen molar-refractivity contribution in [2.75, 3.05) is 6.54 Å². The van der Waals surface area contributed by atoms with Crippen molar-refractivity contribution in [2.24, 2.45) is 0 Å². The van der Waals surface area contributed by atoms with E-state index in [0.717, 1.165) is 22.3 Å². The second kappa shape index (κ2) is 7.62. The van der Waals surface area contributed by atoms with E-state index in [1.165, 1.54) is 0 Å². The van der Waals surface area contributed by atoms with Gasteiger partial charge in [0.1, 0.15) is 0 Å². The summed E-state index contributed by atoms with van der Waals surface area (Å²) in [6.45, 7) is 7.83. The second-order valence-electron chi connectivity index (χ2n) is 7.37. The van der Waals surface area contributed by atoms with Crippen molar-refractivity contribution in [1.29, 1.82) is 0 Å². The molecule has 3 aromatic rings. The lowest BCUT2D eigenvalue weighted by Crippen LogP contribution is -2.38. The maximum Gasteiger partial charge on any atom is 0.253 e. The molecule has 2 amide bonds. The molecule has 150 valence electrons. The quantitative estimate of drug-likeness (QED) is 0.734. The number of aromatic nitrogens is 4. The molecule has 0 saturated carbocycles. The van der Waals surface area contributed by atoms with E-state index in [1.54, 1.807) is 11.1 Å². The Morgan fingerprint density at radius 3 is 2.79 bits per heavy atom. The summed E-state index contributed by atoms with van der Waals surface area (Å²) in [4.78, 5) is 31.0. The Morgan fingerprint density at radius 1 is 1.17 bits per heavy atom. The van der Waals surface area contributed by atoms with Crippen molar-refractivity contribution < 1.29 is 9.59 Å². The predicted molar refractivity (Wildman–Crippen MR) is 108 cm³/mol. The molecule has 29 heavy (non-hydrogen) atoms. The fourth-order valence-electron chi connectivity index (χ4n) is 3.74. The zero-order valence-electron chi connectivity index (χ0n) is 16.9. The van der Waals surface area contributed by atoms with Crippen molar-refractivity contribution in [3.05, 3.63) is 52.7 Å². The average Bonchev–Trinajstić information content (AvgIpc) is 3.13. The summed E-state index contributed by atoms with van der Waals surface area (Å²) in [7, 11) is 0.